The summed E-state index contributed by atoms with van der Waals surface area (Å²) in [6, 6.07) is 7.25. The molecule has 1 aliphatic carbocycles. The predicted octanol–water partition coefficient (Wildman–Crippen LogP) is 3.57. The molecule has 2 saturated heterocycles. The van der Waals surface area contributed by atoms with Crippen LogP contribution in [0.2, 0.25) is 0 Å². The first-order valence-electron chi connectivity index (χ1n) is 10.1. The van der Waals surface area contributed by atoms with Crippen LogP contribution in [0.4, 0.5) is 0 Å². The number of hydrogen-bond donors (Lipinski definition) is 0. The zero-order chi connectivity index (χ0) is 16.7. The van der Waals surface area contributed by atoms with Crippen molar-refractivity contribution in [1.29, 1.82) is 0 Å². The smallest absolute Gasteiger partial charge is 0.124 e. The van der Waals surface area contributed by atoms with E-state index in [4.69, 9.17) is 14.2 Å². The van der Waals surface area contributed by atoms with Gasteiger partial charge >= 0.3 is 0 Å². The number of rotatable bonds is 3. The molecule has 1 aromatic rings. The van der Waals surface area contributed by atoms with Crippen LogP contribution in [-0.2, 0) is 11.2 Å². The van der Waals surface area contributed by atoms with Gasteiger partial charge in [0, 0.05) is 25.6 Å². The van der Waals surface area contributed by atoms with E-state index in [1.165, 1.54) is 50.8 Å². The molecule has 25 heavy (non-hydrogen) atoms. The lowest BCUT2D eigenvalue weighted by atomic mass is 9.81. The molecule has 5 rings (SSSR count). The van der Waals surface area contributed by atoms with E-state index < -0.39 is 0 Å². The van der Waals surface area contributed by atoms with Gasteiger partial charge in [-0.1, -0.05) is 6.42 Å². The van der Waals surface area contributed by atoms with Crippen molar-refractivity contribution in [2.45, 2.75) is 69.1 Å². The average Bonchev–Trinajstić information content (AvgIpc) is 3.09. The molecule has 0 N–H and O–H groups in total. The number of benzene rings is 1. The third kappa shape index (κ3) is 3.15. The number of piperidine rings is 1. The van der Waals surface area contributed by atoms with Crippen LogP contribution in [-0.4, -0.2) is 49.0 Å². The van der Waals surface area contributed by atoms with Gasteiger partial charge < -0.3 is 19.1 Å². The maximum absolute atomic E-state index is 6.56. The van der Waals surface area contributed by atoms with Gasteiger partial charge in [0.05, 0.1) is 13.2 Å². The predicted molar refractivity (Wildman–Crippen MR) is 96.4 cm³/mol. The first-order chi connectivity index (χ1) is 12.3. The van der Waals surface area contributed by atoms with Gasteiger partial charge in [-0.25, -0.2) is 0 Å². The van der Waals surface area contributed by atoms with Crippen LogP contribution in [0.3, 0.4) is 0 Å². The van der Waals surface area contributed by atoms with E-state index in [9.17, 15) is 0 Å². The SMILES string of the molecule is c1cc2c(cc1O[C@H]1CCOC1)CCC1(CCN(C3CCC3)CC1)O2. The third-order valence-electron chi connectivity index (χ3n) is 6.70. The summed E-state index contributed by atoms with van der Waals surface area (Å²) in [5.41, 5.74) is 1.39. The van der Waals surface area contributed by atoms with E-state index in [1.807, 2.05) is 0 Å². The highest BCUT2D eigenvalue weighted by atomic mass is 16.5. The molecule has 0 radical (unpaired) electrons. The summed E-state index contributed by atoms with van der Waals surface area (Å²) in [6.07, 6.45) is 10.1. The van der Waals surface area contributed by atoms with E-state index in [2.05, 4.69) is 23.1 Å². The summed E-state index contributed by atoms with van der Waals surface area (Å²) in [4.78, 5) is 2.70. The van der Waals surface area contributed by atoms with Crippen molar-refractivity contribution in [2.24, 2.45) is 0 Å². The summed E-state index contributed by atoms with van der Waals surface area (Å²) >= 11 is 0. The molecule has 1 aromatic carbocycles. The molecular weight excluding hydrogens is 314 g/mol. The zero-order valence-corrected chi connectivity index (χ0v) is 15.0. The lowest BCUT2D eigenvalue weighted by Gasteiger charge is -2.48. The Labute approximate surface area is 150 Å². The van der Waals surface area contributed by atoms with Crippen molar-refractivity contribution < 1.29 is 14.2 Å². The first kappa shape index (κ1) is 16.0. The van der Waals surface area contributed by atoms with Crippen molar-refractivity contribution in [2.75, 3.05) is 26.3 Å². The minimum Gasteiger partial charge on any atom is -0.488 e. The Morgan fingerprint density at radius 1 is 1.08 bits per heavy atom. The van der Waals surface area contributed by atoms with Crippen LogP contribution >= 0.6 is 0 Å². The second kappa shape index (κ2) is 6.48. The van der Waals surface area contributed by atoms with Crippen LogP contribution in [0.25, 0.3) is 0 Å². The molecule has 3 heterocycles. The van der Waals surface area contributed by atoms with E-state index in [-0.39, 0.29) is 11.7 Å². The molecule has 3 fully saturated rings. The molecule has 0 amide bonds. The standard InChI is InChI=1S/C21H29NO3/c1-2-17(3-1)22-11-9-21(10-12-22)8-6-16-14-18(4-5-20(16)25-21)24-19-7-13-23-15-19/h4-5,14,17,19H,1-3,6-13,15H2/t19-/m0/s1. The fourth-order valence-corrected chi connectivity index (χ4v) is 4.77. The van der Waals surface area contributed by atoms with Crippen molar-refractivity contribution in [1.82, 2.24) is 4.90 Å². The van der Waals surface area contributed by atoms with Crippen LogP contribution in [0.5, 0.6) is 11.5 Å². The highest BCUT2D eigenvalue weighted by Crippen LogP contribution is 2.42. The molecule has 3 aliphatic heterocycles. The Balaban J connectivity index is 1.24. The summed E-state index contributed by atoms with van der Waals surface area (Å²) < 4.78 is 18.0. The molecule has 0 unspecified atom stereocenters. The lowest BCUT2D eigenvalue weighted by Crippen LogP contribution is -2.53. The fourth-order valence-electron chi connectivity index (χ4n) is 4.77. The van der Waals surface area contributed by atoms with Crippen LogP contribution in [0.15, 0.2) is 18.2 Å². The number of likely N-dealkylation sites (tertiary alicyclic amines) is 1. The van der Waals surface area contributed by atoms with Gasteiger partial charge in [-0.05, 0) is 62.3 Å². The average molecular weight is 343 g/mol. The maximum Gasteiger partial charge on any atom is 0.124 e. The molecule has 136 valence electrons. The Kier molecular flexibility index (Phi) is 4.13. The highest BCUT2D eigenvalue weighted by Gasteiger charge is 2.41. The molecule has 0 aromatic heterocycles. The highest BCUT2D eigenvalue weighted by molar-refractivity contribution is 5.42. The van der Waals surface area contributed by atoms with Gasteiger partial charge in [-0.2, -0.15) is 0 Å². The normalized spacial score (nSPS) is 29.0. The summed E-state index contributed by atoms with van der Waals surface area (Å²) in [6.45, 7) is 3.96. The molecule has 4 nitrogen and oxygen atoms in total. The number of hydrogen-bond acceptors (Lipinski definition) is 4. The molecule has 4 heteroatoms. The van der Waals surface area contributed by atoms with Crippen molar-refractivity contribution in [3.8, 4) is 11.5 Å². The van der Waals surface area contributed by atoms with Crippen LogP contribution in [0, 0.1) is 0 Å². The molecule has 4 aliphatic rings. The number of fused-ring (bicyclic) bond motifs is 1. The van der Waals surface area contributed by atoms with E-state index in [1.54, 1.807) is 0 Å². The van der Waals surface area contributed by atoms with E-state index in [0.29, 0.717) is 6.61 Å². The fraction of sp³-hybridized carbons (Fsp3) is 0.714. The van der Waals surface area contributed by atoms with Crippen LogP contribution < -0.4 is 9.47 Å². The van der Waals surface area contributed by atoms with Crippen LogP contribution in [0.1, 0.15) is 50.5 Å². The second-order valence-corrected chi connectivity index (χ2v) is 8.28. The topological polar surface area (TPSA) is 30.9 Å². The Hall–Kier alpha value is -1.26. The molecule has 1 saturated carbocycles. The van der Waals surface area contributed by atoms with E-state index >= 15 is 0 Å². The maximum atomic E-state index is 6.56. The van der Waals surface area contributed by atoms with Gasteiger partial charge in [0.2, 0.25) is 0 Å². The third-order valence-corrected chi connectivity index (χ3v) is 6.70. The molecule has 1 atom stereocenters. The molecule has 0 bridgehead atoms. The molecule has 1 spiro atoms. The van der Waals surface area contributed by atoms with Gasteiger partial charge in [-0.3, -0.25) is 0 Å². The van der Waals surface area contributed by atoms with Crippen molar-refractivity contribution in [3.05, 3.63) is 23.8 Å². The quantitative estimate of drug-likeness (QED) is 0.840. The monoisotopic (exact) mass is 343 g/mol. The summed E-state index contributed by atoms with van der Waals surface area (Å²) in [7, 11) is 0. The number of nitrogens with zero attached hydrogens (tertiary/aromatic N) is 1. The first-order valence-corrected chi connectivity index (χ1v) is 10.1. The number of ether oxygens (including phenoxy) is 3. The minimum absolute atomic E-state index is 0.0783. The van der Waals surface area contributed by atoms with Gasteiger partial charge in [0.25, 0.3) is 0 Å². The Morgan fingerprint density at radius 2 is 1.96 bits per heavy atom. The Bertz CT molecular complexity index is 614. The lowest BCUT2D eigenvalue weighted by molar-refractivity contribution is -0.0337. The van der Waals surface area contributed by atoms with Gasteiger partial charge in [-0.15, -0.1) is 0 Å². The second-order valence-electron chi connectivity index (χ2n) is 8.28. The minimum atomic E-state index is 0.0783. The Morgan fingerprint density at radius 3 is 2.68 bits per heavy atom. The summed E-state index contributed by atoms with van der Waals surface area (Å²) in [5, 5.41) is 0. The zero-order valence-electron chi connectivity index (χ0n) is 15.0. The molecular formula is C21H29NO3. The van der Waals surface area contributed by atoms with Crippen molar-refractivity contribution >= 4 is 0 Å². The van der Waals surface area contributed by atoms with Crippen molar-refractivity contribution in [3.63, 3.8) is 0 Å². The van der Waals surface area contributed by atoms with Gasteiger partial charge in [0.1, 0.15) is 23.2 Å². The number of aryl methyl sites for hydroxylation is 1. The van der Waals surface area contributed by atoms with Gasteiger partial charge in [0.15, 0.2) is 0 Å². The summed E-state index contributed by atoms with van der Waals surface area (Å²) in [5.74, 6) is 2.05. The largest absolute Gasteiger partial charge is 0.488 e. The van der Waals surface area contributed by atoms with E-state index in [0.717, 1.165) is 43.4 Å².